The predicted molar refractivity (Wildman–Crippen MR) is 94.0 cm³/mol. The van der Waals surface area contributed by atoms with Crippen LogP contribution in [0.2, 0.25) is 5.02 Å². The smallest absolute Gasteiger partial charge is 0.278 e. The standard InChI is InChI=1S/C18H16ClN3O2/c1-10-16(22-9-12(19)7-14(21)17(22)23)13-6-11(8-20)4-5-15(13)24-18(10,2)3/h4-7,9H,21H2,1-3H3. The molecule has 2 N–H and O–H groups in total. The van der Waals surface area contributed by atoms with Crippen LogP contribution in [0.5, 0.6) is 5.75 Å². The Morgan fingerprint density at radius 1 is 1.33 bits per heavy atom. The van der Waals surface area contributed by atoms with Crippen molar-refractivity contribution in [3.63, 3.8) is 0 Å². The SMILES string of the molecule is CC1=C(n2cc(Cl)cc(N)c2=O)c2cc(C#N)ccc2OC1(C)C. The van der Waals surface area contributed by atoms with Crippen molar-refractivity contribution in [2.45, 2.75) is 26.4 Å². The van der Waals surface area contributed by atoms with Gasteiger partial charge >= 0.3 is 0 Å². The summed E-state index contributed by atoms with van der Waals surface area (Å²) in [6.07, 6.45) is 1.53. The number of aromatic nitrogens is 1. The van der Waals surface area contributed by atoms with Crippen molar-refractivity contribution in [1.29, 1.82) is 5.26 Å². The van der Waals surface area contributed by atoms with Crippen LogP contribution in [0, 0.1) is 11.3 Å². The lowest BCUT2D eigenvalue weighted by Crippen LogP contribution is -2.36. The molecule has 0 atom stereocenters. The molecule has 2 heterocycles. The minimum Gasteiger partial charge on any atom is -0.483 e. The van der Waals surface area contributed by atoms with Crippen molar-refractivity contribution in [2.75, 3.05) is 5.73 Å². The summed E-state index contributed by atoms with van der Waals surface area (Å²) in [4.78, 5) is 12.6. The van der Waals surface area contributed by atoms with Crippen LogP contribution >= 0.6 is 11.6 Å². The first-order valence-corrected chi connectivity index (χ1v) is 7.75. The lowest BCUT2D eigenvalue weighted by molar-refractivity contribution is 0.143. The van der Waals surface area contributed by atoms with Crippen LogP contribution < -0.4 is 16.0 Å². The summed E-state index contributed by atoms with van der Waals surface area (Å²) in [5.74, 6) is 0.602. The van der Waals surface area contributed by atoms with E-state index < -0.39 is 5.60 Å². The minimum absolute atomic E-state index is 0.0603. The van der Waals surface area contributed by atoms with Gasteiger partial charge in [0, 0.05) is 11.8 Å². The molecule has 0 spiro atoms. The largest absolute Gasteiger partial charge is 0.483 e. The molecular weight excluding hydrogens is 326 g/mol. The third-order valence-corrected chi connectivity index (χ3v) is 4.45. The lowest BCUT2D eigenvalue weighted by Gasteiger charge is -2.36. The quantitative estimate of drug-likeness (QED) is 0.861. The predicted octanol–water partition coefficient (Wildman–Crippen LogP) is 3.41. The second-order valence-corrected chi connectivity index (χ2v) is 6.63. The normalized spacial score (nSPS) is 15.5. The van der Waals surface area contributed by atoms with Crippen molar-refractivity contribution in [1.82, 2.24) is 4.57 Å². The van der Waals surface area contributed by atoms with Crippen LogP contribution in [-0.2, 0) is 0 Å². The highest BCUT2D eigenvalue weighted by Gasteiger charge is 2.34. The third kappa shape index (κ3) is 2.45. The molecule has 0 saturated carbocycles. The van der Waals surface area contributed by atoms with Crippen LogP contribution in [0.3, 0.4) is 0 Å². The van der Waals surface area contributed by atoms with Gasteiger partial charge in [-0.1, -0.05) is 11.6 Å². The molecule has 1 aromatic carbocycles. The number of nitriles is 1. The van der Waals surface area contributed by atoms with Crippen LogP contribution in [0.25, 0.3) is 5.70 Å². The molecule has 6 heteroatoms. The van der Waals surface area contributed by atoms with Crippen LogP contribution in [0.1, 0.15) is 31.9 Å². The summed E-state index contributed by atoms with van der Waals surface area (Å²) >= 11 is 6.10. The van der Waals surface area contributed by atoms with Crippen molar-refractivity contribution in [3.8, 4) is 11.8 Å². The molecule has 0 saturated heterocycles. The fourth-order valence-corrected chi connectivity index (χ4v) is 2.97. The van der Waals surface area contributed by atoms with Gasteiger partial charge in [0.05, 0.1) is 28.0 Å². The molecule has 0 radical (unpaired) electrons. The van der Waals surface area contributed by atoms with Gasteiger partial charge in [0.2, 0.25) is 0 Å². The summed E-state index contributed by atoms with van der Waals surface area (Å²) in [6, 6.07) is 8.65. The van der Waals surface area contributed by atoms with Gasteiger partial charge in [-0.2, -0.15) is 5.26 Å². The maximum atomic E-state index is 12.6. The molecule has 0 aliphatic carbocycles. The van der Waals surface area contributed by atoms with Gasteiger partial charge in [0.15, 0.2) is 0 Å². The number of fused-ring (bicyclic) bond motifs is 1. The van der Waals surface area contributed by atoms with Crippen LogP contribution in [-0.4, -0.2) is 10.2 Å². The van der Waals surface area contributed by atoms with E-state index >= 15 is 0 Å². The first-order chi connectivity index (χ1) is 11.2. The molecule has 0 unspecified atom stereocenters. The molecule has 24 heavy (non-hydrogen) atoms. The molecule has 122 valence electrons. The van der Waals surface area contributed by atoms with Gasteiger partial charge in [0.25, 0.3) is 5.56 Å². The minimum atomic E-state index is -0.618. The highest BCUT2D eigenvalue weighted by atomic mass is 35.5. The van der Waals surface area contributed by atoms with E-state index in [2.05, 4.69) is 6.07 Å². The van der Waals surface area contributed by atoms with Crippen molar-refractivity contribution < 1.29 is 4.74 Å². The van der Waals surface area contributed by atoms with Gasteiger partial charge in [-0.15, -0.1) is 0 Å². The van der Waals surface area contributed by atoms with Crippen molar-refractivity contribution in [3.05, 3.63) is 62.5 Å². The van der Waals surface area contributed by atoms with E-state index in [0.717, 1.165) is 5.57 Å². The summed E-state index contributed by atoms with van der Waals surface area (Å²) < 4.78 is 7.46. The number of rotatable bonds is 1. The summed E-state index contributed by atoms with van der Waals surface area (Å²) in [5, 5.41) is 9.55. The number of hydrogen-bond donors (Lipinski definition) is 1. The molecule has 1 aliphatic heterocycles. The molecule has 3 rings (SSSR count). The molecule has 0 bridgehead atoms. The zero-order valence-electron chi connectivity index (χ0n) is 13.6. The highest BCUT2D eigenvalue weighted by Crippen LogP contribution is 2.41. The zero-order valence-corrected chi connectivity index (χ0v) is 14.3. The Kier molecular flexibility index (Phi) is 3.66. The van der Waals surface area contributed by atoms with Crippen LogP contribution in [0.4, 0.5) is 5.69 Å². The fourth-order valence-electron chi connectivity index (χ4n) is 2.76. The molecule has 1 aromatic heterocycles. The first kappa shape index (κ1) is 16.2. The molecule has 0 fully saturated rings. The van der Waals surface area contributed by atoms with E-state index in [4.69, 9.17) is 22.1 Å². The van der Waals surface area contributed by atoms with Gasteiger partial charge in [-0.3, -0.25) is 9.36 Å². The molecule has 1 aliphatic rings. The summed E-state index contributed by atoms with van der Waals surface area (Å²) in [7, 11) is 0. The average molecular weight is 342 g/mol. The van der Waals surface area contributed by atoms with Crippen molar-refractivity contribution >= 4 is 23.0 Å². The Bertz CT molecular complexity index is 981. The Balaban J connectivity index is 2.41. The van der Waals surface area contributed by atoms with Crippen molar-refractivity contribution in [2.24, 2.45) is 0 Å². The summed E-state index contributed by atoms with van der Waals surface area (Å²) in [5.41, 5.74) is 7.49. The monoisotopic (exact) mass is 341 g/mol. The van der Waals surface area contributed by atoms with E-state index in [9.17, 15) is 10.1 Å². The second kappa shape index (κ2) is 5.43. The molecule has 0 amide bonds. The van der Waals surface area contributed by atoms with E-state index in [0.29, 0.717) is 27.6 Å². The lowest BCUT2D eigenvalue weighted by atomic mass is 9.90. The molecule has 2 aromatic rings. The van der Waals surface area contributed by atoms with Gasteiger partial charge in [-0.25, -0.2) is 0 Å². The zero-order chi connectivity index (χ0) is 17.6. The number of halogens is 1. The van der Waals surface area contributed by atoms with Gasteiger partial charge in [0.1, 0.15) is 11.4 Å². The van der Waals surface area contributed by atoms with E-state index in [1.165, 1.54) is 16.8 Å². The number of nitrogen functional groups attached to an aromatic ring is 1. The fraction of sp³-hybridized carbons (Fsp3) is 0.222. The van der Waals surface area contributed by atoms with Crippen LogP contribution in [0.15, 0.2) is 40.8 Å². The third-order valence-electron chi connectivity index (χ3n) is 4.24. The molecular formula is C18H16ClN3O2. The Morgan fingerprint density at radius 3 is 2.71 bits per heavy atom. The number of hydrogen-bond acceptors (Lipinski definition) is 4. The Labute approximate surface area is 144 Å². The van der Waals surface area contributed by atoms with E-state index in [1.54, 1.807) is 18.2 Å². The summed E-state index contributed by atoms with van der Waals surface area (Å²) in [6.45, 7) is 5.73. The van der Waals surface area contributed by atoms with E-state index in [1.807, 2.05) is 20.8 Å². The number of anilines is 1. The van der Waals surface area contributed by atoms with E-state index in [-0.39, 0.29) is 11.2 Å². The number of ether oxygens (including phenoxy) is 1. The maximum absolute atomic E-state index is 12.6. The maximum Gasteiger partial charge on any atom is 0.278 e. The number of pyridine rings is 1. The topological polar surface area (TPSA) is 81.0 Å². The average Bonchev–Trinajstić information content (AvgIpc) is 2.52. The molecule has 5 nitrogen and oxygen atoms in total. The Morgan fingerprint density at radius 2 is 2.04 bits per heavy atom. The highest BCUT2D eigenvalue weighted by molar-refractivity contribution is 6.30. The first-order valence-electron chi connectivity index (χ1n) is 7.37. The Hall–Kier alpha value is -2.71. The van der Waals surface area contributed by atoms with Gasteiger partial charge in [-0.05, 0) is 50.6 Å². The number of nitrogens with zero attached hydrogens (tertiary/aromatic N) is 2. The number of nitrogens with two attached hydrogens (primary N) is 1. The second-order valence-electron chi connectivity index (χ2n) is 6.20. The number of benzene rings is 1. The van der Waals surface area contributed by atoms with Gasteiger partial charge < -0.3 is 10.5 Å².